The summed E-state index contributed by atoms with van der Waals surface area (Å²) < 4.78 is 6.14. The van der Waals surface area contributed by atoms with Crippen molar-refractivity contribution in [2.45, 2.75) is 13.5 Å². The van der Waals surface area contributed by atoms with E-state index >= 15 is 0 Å². The van der Waals surface area contributed by atoms with Crippen LogP contribution in [0.1, 0.15) is 6.92 Å². The maximum atomic E-state index is 12.7. The smallest absolute Gasteiger partial charge is 0.291 e. The van der Waals surface area contributed by atoms with Crippen molar-refractivity contribution in [3.8, 4) is 17.0 Å². The lowest BCUT2D eigenvalue weighted by atomic mass is 10.1. The molecule has 2 amide bonds. The lowest BCUT2D eigenvalue weighted by Gasteiger charge is -2.12. The van der Waals surface area contributed by atoms with E-state index in [1.54, 1.807) is 48.5 Å². The van der Waals surface area contributed by atoms with E-state index in [-0.39, 0.29) is 12.2 Å². The number of nitrogens with zero attached hydrogens (tertiary/aromatic N) is 2. The van der Waals surface area contributed by atoms with Gasteiger partial charge in [0.2, 0.25) is 11.8 Å². The molecule has 9 heteroatoms. The fourth-order valence-electron chi connectivity index (χ4n) is 2.73. The second kappa shape index (κ2) is 9.23. The molecule has 2 N–H and O–H groups in total. The number of hydrogen-bond acceptors (Lipinski definition) is 5. The fraction of sp³-hybridized carbons (Fsp3) is 0.143. The maximum Gasteiger partial charge on any atom is 0.291 e. The number of amides is 2. The topological polar surface area (TPSA) is 102 Å². The summed E-state index contributed by atoms with van der Waals surface area (Å²) in [5.74, 6) is -0.284. The molecule has 2 aromatic carbocycles. The van der Waals surface area contributed by atoms with Gasteiger partial charge in [-0.15, -0.1) is 0 Å². The SMILES string of the molecule is COc1cccc(NC(=O)Cn2nc(-c3ccc(Cl)cc3)cc(NC(C)=O)c2=O)c1. The Hall–Kier alpha value is -3.65. The Morgan fingerprint density at radius 3 is 2.50 bits per heavy atom. The summed E-state index contributed by atoms with van der Waals surface area (Å²) in [6.07, 6.45) is 0. The standard InChI is InChI=1S/C21H19ClN4O4/c1-13(27)23-19-11-18(14-6-8-15(22)9-7-14)25-26(21(19)29)12-20(28)24-16-4-3-5-17(10-16)30-2/h3-11H,12H2,1-2H3,(H,23,27)(H,24,28). The number of rotatable bonds is 6. The van der Waals surface area contributed by atoms with Crippen LogP contribution >= 0.6 is 11.6 Å². The van der Waals surface area contributed by atoms with Crippen molar-refractivity contribution in [2.75, 3.05) is 17.7 Å². The molecule has 3 aromatic rings. The molecule has 8 nitrogen and oxygen atoms in total. The third-order valence-corrected chi connectivity index (χ3v) is 4.32. The molecule has 30 heavy (non-hydrogen) atoms. The quantitative estimate of drug-likeness (QED) is 0.630. The van der Waals surface area contributed by atoms with Crippen LogP contribution in [0.15, 0.2) is 59.4 Å². The molecular formula is C21H19ClN4O4. The van der Waals surface area contributed by atoms with Crippen LogP contribution in [0, 0.1) is 0 Å². The largest absolute Gasteiger partial charge is 0.497 e. The fourth-order valence-corrected chi connectivity index (χ4v) is 2.85. The first-order valence-corrected chi connectivity index (χ1v) is 9.33. The highest BCUT2D eigenvalue weighted by Crippen LogP contribution is 2.21. The highest BCUT2D eigenvalue weighted by molar-refractivity contribution is 6.30. The molecule has 0 fully saturated rings. The van der Waals surface area contributed by atoms with E-state index in [0.29, 0.717) is 27.7 Å². The second-order valence-corrected chi connectivity index (χ2v) is 6.81. The van der Waals surface area contributed by atoms with Gasteiger partial charge in [-0.05, 0) is 30.3 Å². The predicted molar refractivity (Wildman–Crippen MR) is 115 cm³/mol. The van der Waals surface area contributed by atoms with Gasteiger partial charge in [0.1, 0.15) is 18.0 Å². The van der Waals surface area contributed by atoms with E-state index in [0.717, 1.165) is 4.68 Å². The summed E-state index contributed by atoms with van der Waals surface area (Å²) in [6, 6.07) is 15.1. The minimum atomic E-state index is -0.594. The second-order valence-electron chi connectivity index (χ2n) is 6.37. The Balaban J connectivity index is 1.92. The zero-order valence-corrected chi connectivity index (χ0v) is 17.1. The normalized spacial score (nSPS) is 10.4. The first-order chi connectivity index (χ1) is 14.4. The molecule has 1 aromatic heterocycles. The Bertz CT molecular complexity index is 1140. The molecule has 154 valence electrons. The molecule has 0 saturated carbocycles. The van der Waals surface area contributed by atoms with E-state index in [4.69, 9.17) is 16.3 Å². The number of halogens is 1. The van der Waals surface area contributed by atoms with Gasteiger partial charge in [-0.2, -0.15) is 5.10 Å². The minimum absolute atomic E-state index is 0.0247. The van der Waals surface area contributed by atoms with Crippen molar-refractivity contribution >= 4 is 34.8 Å². The number of carbonyl (C=O) groups is 2. The van der Waals surface area contributed by atoms with Gasteiger partial charge < -0.3 is 15.4 Å². The first kappa shape index (κ1) is 21.1. The van der Waals surface area contributed by atoms with Gasteiger partial charge >= 0.3 is 0 Å². The molecule has 0 unspecified atom stereocenters. The Morgan fingerprint density at radius 2 is 1.83 bits per heavy atom. The number of hydrogen-bond donors (Lipinski definition) is 2. The number of methoxy groups -OCH3 is 1. The van der Waals surface area contributed by atoms with Crippen LogP contribution in [0.5, 0.6) is 5.75 Å². The van der Waals surface area contributed by atoms with Crippen molar-refractivity contribution < 1.29 is 14.3 Å². The lowest BCUT2D eigenvalue weighted by molar-refractivity contribution is -0.117. The maximum absolute atomic E-state index is 12.7. The van der Waals surface area contributed by atoms with E-state index in [1.807, 2.05) is 0 Å². The summed E-state index contributed by atoms with van der Waals surface area (Å²) >= 11 is 5.93. The highest BCUT2D eigenvalue weighted by atomic mass is 35.5. The van der Waals surface area contributed by atoms with Crippen LogP contribution in [-0.4, -0.2) is 28.7 Å². The van der Waals surface area contributed by atoms with Crippen molar-refractivity contribution in [1.29, 1.82) is 0 Å². The first-order valence-electron chi connectivity index (χ1n) is 8.95. The highest BCUT2D eigenvalue weighted by Gasteiger charge is 2.14. The number of nitrogens with one attached hydrogen (secondary N) is 2. The summed E-state index contributed by atoms with van der Waals surface area (Å²) in [4.78, 5) is 36.7. The van der Waals surface area contributed by atoms with Crippen molar-refractivity contribution in [1.82, 2.24) is 9.78 Å². The van der Waals surface area contributed by atoms with Crippen LogP contribution in [0.25, 0.3) is 11.3 Å². The number of benzene rings is 2. The van der Waals surface area contributed by atoms with Gasteiger partial charge in [-0.3, -0.25) is 14.4 Å². The van der Waals surface area contributed by atoms with Gasteiger partial charge in [0.05, 0.1) is 12.8 Å². The Morgan fingerprint density at radius 1 is 1.10 bits per heavy atom. The monoisotopic (exact) mass is 426 g/mol. The summed E-state index contributed by atoms with van der Waals surface area (Å²) in [5, 5.41) is 10.0. The van der Waals surface area contributed by atoms with Crippen LogP contribution in [0.4, 0.5) is 11.4 Å². The Kier molecular flexibility index (Phi) is 6.48. The molecule has 3 rings (SSSR count). The minimum Gasteiger partial charge on any atom is -0.497 e. The van der Waals surface area contributed by atoms with E-state index in [2.05, 4.69) is 15.7 Å². The molecule has 0 bridgehead atoms. The van der Waals surface area contributed by atoms with Gasteiger partial charge in [0.15, 0.2) is 0 Å². The average molecular weight is 427 g/mol. The zero-order chi connectivity index (χ0) is 21.7. The summed E-state index contributed by atoms with van der Waals surface area (Å²) in [5.41, 5.74) is 1.03. The molecule has 0 atom stereocenters. The van der Waals surface area contributed by atoms with E-state index < -0.39 is 17.4 Å². The van der Waals surface area contributed by atoms with Gasteiger partial charge in [-0.1, -0.05) is 29.8 Å². The van der Waals surface area contributed by atoms with Gasteiger partial charge in [0.25, 0.3) is 5.56 Å². The molecule has 0 aliphatic heterocycles. The summed E-state index contributed by atoms with van der Waals surface area (Å²) in [6.45, 7) is 0.950. The Labute approximate surface area is 177 Å². The number of anilines is 2. The van der Waals surface area contributed by atoms with Gasteiger partial charge in [0, 0.05) is 29.3 Å². The van der Waals surface area contributed by atoms with Crippen LogP contribution < -0.4 is 20.9 Å². The van der Waals surface area contributed by atoms with Crippen molar-refractivity contribution in [3.05, 3.63) is 70.0 Å². The summed E-state index contributed by atoms with van der Waals surface area (Å²) in [7, 11) is 1.52. The van der Waals surface area contributed by atoms with Crippen LogP contribution in [-0.2, 0) is 16.1 Å². The third kappa shape index (κ3) is 5.24. The van der Waals surface area contributed by atoms with Gasteiger partial charge in [-0.25, -0.2) is 4.68 Å². The number of ether oxygens (including phenoxy) is 1. The molecule has 0 spiro atoms. The molecule has 0 radical (unpaired) electrons. The van der Waals surface area contributed by atoms with Crippen LogP contribution in [0.2, 0.25) is 5.02 Å². The lowest BCUT2D eigenvalue weighted by Crippen LogP contribution is -2.32. The number of carbonyl (C=O) groups excluding carboxylic acids is 2. The average Bonchev–Trinajstić information content (AvgIpc) is 2.71. The predicted octanol–water partition coefficient (Wildman–Crippen LogP) is 3.17. The molecular weight excluding hydrogens is 408 g/mol. The third-order valence-electron chi connectivity index (χ3n) is 4.07. The van der Waals surface area contributed by atoms with E-state index in [9.17, 15) is 14.4 Å². The zero-order valence-electron chi connectivity index (χ0n) is 16.3. The molecule has 0 saturated heterocycles. The van der Waals surface area contributed by atoms with E-state index in [1.165, 1.54) is 20.1 Å². The number of aromatic nitrogens is 2. The molecule has 0 aliphatic carbocycles. The van der Waals surface area contributed by atoms with Crippen molar-refractivity contribution in [3.63, 3.8) is 0 Å². The van der Waals surface area contributed by atoms with Crippen molar-refractivity contribution in [2.24, 2.45) is 0 Å². The molecule has 1 heterocycles. The molecule has 0 aliphatic rings. The van der Waals surface area contributed by atoms with Crippen LogP contribution in [0.3, 0.4) is 0 Å².